The van der Waals surface area contributed by atoms with Crippen molar-refractivity contribution in [3.63, 3.8) is 0 Å². The maximum Gasteiger partial charge on any atom is 0.122 e. The third kappa shape index (κ3) is 6.84. The predicted octanol–water partition coefficient (Wildman–Crippen LogP) is 4.17. The minimum Gasteiger partial charge on any atom is -0.491 e. The normalized spacial score (nSPS) is 10.8. The van der Waals surface area contributed by atoms with Gasteiger partial charge in [0.2, 0.25) is 0 Å². The predicted molar refractivity (Wildman–Crippen MR) is 84.6 cm³/mol. The molecule has 110 valence electrons. The zero-order valence-electron chi connectivity index (χ0n) is 12.8. The monoisotopic (exact) mass is 294 g/mol. The second kappa shape index (κ2) is 8.19. The molecule has 0 atom stereocenters. The smallest absolute Gasteiger partial charge is 0.122 e. The molecule has 0 fully saturated rings. The zero-order valence-corrected chi connectivity index (χ0v) is 13.5. The van der Waals surface area contributed by atoms with E-state index in [-0.39, 0.29) is 5.60 Å². The summed E-state index contributed by atoms with van der Waals surface area (Å²) in [5.74, 6) is 7.56. The van der Waals surface area contributed by atoms with E-state index in [2.05, 4.69) is 11.8 Å². The lowest BCUT2D eigenvalue weighted by atomic mass is 10.1. The molecule has 0 aliphatic rings. The summed E-state index contributed by atoms with van der Waals surface area (Å²) in [5.41, 5.74) is 1.95. The van der Waals surface area contributed by atoms with Crippen molar-refractivity contribution in [2.45, 2.75) is 39.7 Å². The second-order valence-electron chi connectivity index (χ2n) is 5.53. The summed E-state index contributed by atoms with van der Waals surface area (Å²) in [6, 6.07) is 5.95. The molecule has 0 saturated carbocycles. The number of ether oxygens (including phenoxy) is 2. The van der Waals surface area contributed by atoms with Gasteiger partial charge >= 0.3 is 0 Å². The first-order chi connectivity index (χ1) is 9.42. The Morgan fingerprint density at radius 3 is 2.55 bits per heavy atom. The number of hydrogen-bond donors (Lipinski definition) is 0. The van der Waals surface area contributed by atoms with E-state index in [1.54, 1.807) is 0 Å². The van der Waals surface area contributed by atoms with Gasteiger partial charge < -0.3 is 9.47 Å². The average molecular weight is 295 g/mol. The standard InChI is InChI=1S/C17H23ClO2/c1-14-13-15(7-5-6-10-18)8-9-16(14)19-11-12-20-17(2,3)4/h8-9,13H,6,10-12H2,1-4H3. The number of benzene rings is 1. The molecule has 0 aromatic heterocycles. The van der Waals surface area contributed by atoms with Crippen LogP contribution in [0.5, 0.6) is 5.75 Å². The zero-order chi connectivity index (χ0) is 15.0. The van der Waals surface area contributed by atoms with Crippen molar-refractivity contribution in [3.8, 4) is 17.6 Å². The molecule has 0 aliphatic heterocycles. The summed E-state index contributed by atoms with van der Waals surface area (Å²) in [6.45, 7) is 9.26. The minimum atomic E-state index is -0.125. The van der Waals surface area contributed by atoms with Gasteiger partial charge in [-0.3, -0.25) is 0 Å². The van der Waals surface area contributed by atoms with Gasteiger partial charge in [0.1, 0.15) is 12.4 Å². The van der Waals surface area contributed by atoms with Crippen molar-refractivity contribution < 1.29 is 9.47 Å². The highest BCUT2D eigenvalue weighted by Gasteiger charge is 2.09. The molecule has 3 heteroatoms. The fourth-order valence-electron chi connectivity index (χ4n) is 1.60. The topological polar surface area (TPSA) is 18.5 Å². The van der Waals surface area contributed by atoms with Crippen LogP contribution in [0.25, 0.3) is 0 Å². The summed E-state index contributed by atoms with van der Waals surface area (Å²) in [5, 5.41) is 0. The van der Waals surface area contributed by atoms with E-state index in [1.807, 2.05) is 45.9 Å². The Balaban J connectivity index is 2.50. The largest absolute Gasteiger partial charge is 0.491 e. The molecular formula is C17H23ClO2. The average Bonchev–Trinajstić information content (AvgIpc) is 2.36. The van der Waals surface area contributed by atoms with Crippen LogP contribution in [0.15, 0.2) is 18.2 Å². The molecule has 0 N–H and O–H groups in total. The summed E-state index contributed by atoms with van der Waals surface area (Å²) >= 11 is 5.59. The highest BCUT2D eigenvalue weighted by atomic mass is 35.5. The van der Waals surface area contributed by atoms with Crippen molar-refractivity contribution in [3.05, 3.63) is 29.3 Å². The number of halogens is 1. The van der Waals surface area contributed by atoms with Crippen LogP contribution in [-0.2, 0) is 4.74 Å². The van der Waals surface area contributed by atoms with Gasteiger partial charge in [0, 0.05) is 17.9 Å². The molecule has 0 aliphatic carbocycles. The van der Waals surface area contributed by atoms with Crippen LogP contribution in [0.1, 0.15) is 38.3 Å². The Hall–Kier alpha value is -1.17. The maximum absolute atomic E-state index is 5.72. The van der Waals surface area contributed by atoms with Crippen LogP contribution in [0.3, 0.4) is 0 Å². The lowest BCUT2D eigenvalue weighted by molar-refractivity contribution is -0.0163. The van der Waals surface area contributed by atoms with E-state index in [9.17, 15) is 0 Å². The lowest BCUT2D eigenvalue weighted by Gasteiger charge is -2.19. The quantitative estimate of drug-likeness (QED) is 0.461. The van der Waals surface area contributed by atoms with E-state index in [0.29, 0.717) is 25.5 Å². The fraction of sp³-hybridized carbons (Fsp3) is 0.529. The fourth-order valence-corrected chi connectivity index (χ4v) is 1.69. The molecule has 1 aromatic rings. The van der Waals surface area contributed by atoms with Crippen LogP contribution in [0.2, 0.25) is 0 Å². The number of alkyl halides is 1. The Morgan fingerprint density at radius 1 is 1.20 bits per heavy atom. The first kappa shape index (κ1) is 16.9. The van der Waals surface area contributed by atoms with Crippen molar-refractivity contribution in [2.75, 3.05) is 19.1 Å². The third-order valence-corrected chi connectivity index (χ3v) is 2.69. The molecule has 0 radical (unpaired) electrons. The summed E-state index contributed by atoms with van der Waals surface area (Å²) in [4.78, 5) is 0. The van der Waals surface area contributed by atoms with E-state index in [4.69, 9.17) is 21.1 Å². The van der Waals surface area contributed by atoms with Gasteiger partial charge in [-0.1, -0.05) is 11.8 Å². The second-order valence-corrected chi connectivity index (χ2v) is 5.91. The Kier molecular flexibility index (Phi) is 6.91. The van der Waals surface area contributed by atoms with E-state index >= 15 is 0 Å². The van der Waals surface area contributed by atoms with Gasteiger partial charge in [-0.15, -0.1) is 11.6 Å². The highest BCUT2D eigenvalue weighted by molar-refractivity contribution is 6.18. The van der Waals surface area contributed by atoms with Crippen molar-refractivity contribution >= 4 is 11.6 Å². The number of aryl methyl sites for hydroxylation is 1. The molecular weight excluding hydrogens is 272 g/mol. The van der Waals surface area contributed by atoms with E-state index in [0.717, 1.165) is 16.9 Å². The van der Waals surface area contributed by atoms with Crippen LogP contribution < -0.4 is 4.74 Å². The van der Waals surface area contributed by atoms with E-state index < -0.39 is 0 Å². The molecule has 0 unspecified atom stereocenters. The Labute approximate surface area is 127 Å². The number of rotatable bonds is 5. The van der Waals surface area contributed by atoms with E-state index in [1.165, 1.54) is 0 Å². The first-order valence-corrected chi connectivity index (χ1v) is 7.38. The van der Waals surface area contributed by atoms with Crippen molar-refractivity contribution in [2.24, 2.45) is 0 Å². The summed E-state index contributed by atoms with van der Waals surface area (Å²) < 4.78 is 11.3. The van der Waals surface area contributed by atoms with Gasteiger partial charge in [-0.2, -0.15) is 0 Å². The van der Waals surface area contributed by atoms with Crippen LogP contribution in [-0.4, -0.2) is 24.7 Å². The maximum atomic E-state index is 5.72. The number of hydrogen-bond acceptors (Lipinski definition) is 2. The lowest BCUT2D eigenvalue weighted by Crippen LogP contribution is -2.22. The van der Waals surface area contributed by atoms with Crippen molar-refractivity contribution in [1.82, 2.24) is 0 Å². The SMILES string of the molecule is Cc1cc(C#CCCCl)ccc1OCCOC(C)(C)C. The minimum absolute atomic E-state index is 0.125. The molecule has 0 saturated heterocycles. The van der Waals surface area contributed by atoms with Crippen LogP contribution >= 0.6 is 11.6 Å². The molecule has 1 rings (SSSR count). The summed E-state index contributed by atoms with van der Waals surface area (Å²) in [6.07, 6.45) is 0.711. The Bertz CT molecular complexity index is 478. The molecule has 2 nitrogen and oxygen atoms in total. The van der Waals surface area contributed by atoms with Gasteiger partial charge in [0.05, 0.1) is 12.2 Å². The van der Waals surface area contributed by atoms with Crippen LogP contribution in [0.4, 0.5) is 0 Å². The molecule has 0 heterocycles. The molecule has 0 bridgehead atoms. The first-order valence-electron chi connectivity index (χ1n) is 6.84. The highest BCUT2D eigenvalue weighted by Crippen LogP contribution is 2.19. The third-order valence-electron chi connectivity index (χ3n) is 2.50. The Morgan fingerprint density at radius 2 is 1.95 bits per heavy atom. The van der Waals surface area contributed by atoms with Gasteiger partial charge in [0.25, 0.3) is 0 Å². The van der Waals surface area contributed by atoms with Crippen molar-refractivity contribution in [1.29, 1.82) is 0 Å². The van der Waals surface area contributed by atoms with Gasteiger partial charge in [-0.25, -0.2) is 0 Å². The molecule has 0 spiro atoms. The van der Waals surface area contributed by atoms with Gasteiger partial charge in [-0.05, 0) is 51.5 Å². The molecule has 0 amide bonds. The molecule has 20 heavy (non-hydrogen) atoms. The molecule has 1 aromatic carbocycles. The summed E-state index contributed by atoms with van der Waals surface area (Å²) in [7, 11) is 0. The van der Waals surface area contributed by atoms with Crippen LogP contribution in [0, 0.1) is 18.8 Å². The van der Waals surface area contributed by atoms with Gasteiger partial charge in [0.15, 0.2) is 0 Å².